The fourth-order valence-corrected chi connectivity index (χ4v) is 2.07. The highest BCUT2D eigenvalue weighted by Crippen LogP contribution is 2.26. The van der Waals surface area contributed by atoms with Crippen molar-refractivity contribution in [2.24, 2.45) is 0 Å². The average molecular weight is 290 g/mol. The largest absolute Gasteiger partial charge is 0.506 e. The van der Waals surface area contributed by atoms with Crippen molar-refractivity contribution in [2.45, 2.75) is 26.2 Å². The minimum absolute atomic E-state index is 0.236. The number of ketones is 1. The molecule has 0 atom stereocenters. The van der Waals surface area contributed by atoms with Crippen LogP contribution in [0.15, 0.2) is 33.5 Å². The van der Waals surface area contributed by atoms with Crippen molar-refractivity contribution in [3.05, 3.63) is 40.2 Å². The molecule has 0 fully saturated rings. The number of carbonyl (C=O) groups is 1. The summed E-state index contributed by atoms with van der Waals surface area (Å²) in [5, 5.41) is 10.4. The van der Waals surface area contributed by atoms with E-state index in [0.717, 1.165) is 19.3 Å². The van der Waals surface area contributed by atoms with Crippen LogP contribution in [0.1, 0.15) is 36.5 Å². The molecule has 0 aliphatic heterocycles. The molecular weight excluding hydrogens is 272 g/mol. The van der Waals surface area contributed by atoms with Gasteiger partial charge in [-0.15, -0.1) is 0 Å². The van der Waals surface area contributed by atoms with Crippen molar-refractivity contribution in [2.75, 3.05) is 13.2 Å². The number of aromatic hydroxyl groups is 1. The second kappa shape index (κ2) is 7.04. The molecular formula is C16H18O5. The van der Waals surface area contributed by atoms with Crippen LogP contribution in [0.3, 0.4) is 0 Å². The van der Waals surface area contributed by atoms with Crippen LogP contribution in [0.2, 0.25) is 0 Å². The standard InChI is InChI=1S/C16H18O5/c1-2-3-6-9-20-10-12(17)14-15(18)11-7-4-5-8-13(11)21-16(14)19/h4-5,7-8,18H,2-3,6,9-10H2,1H3. The van der Waals surface area contributed by atoms with Crippen LogP contribution in [0.4, 0.5) is 0 Å². The number of Topliss-reactive ketones (excluding diaryl/α,β-unsaturated/α-hetero) is 1. The average Bonchev–Trinajstić information content (AvgIpc) is 2.47. The molecule has 0 unspecified atom stereocenters. The van der Waals surface area contributed by atoms with Crippen molar-refractivity contribution in [3.63, 3.8) is 0 Å². The Kier molecular flexibility index (Phi) is 5.11. The normalized spacial score (nSPS) is 10.9. The van der Waals surface area contributed by atoms with Crippen LogP contribution in [-0.2, 0) is 4.74 Å². The topological polar surface area (TPSA) is 76.7 Å². The van der Waals surface area contributed by atoms with E-state index in [-0.39, 0.29) is 23.5 Å². The third-order valence-electron chi connectivity index (χ3n) is 3.19. The van der Waals surface area contributed by atoms with Crippen molar-refractivity contribution < 1.29 is 19.1 Å². The molecule has 0 saturated heterocycles. The Morgan fingerprint density at radius 3 is 2.81 bits per heavy atom. The van der Waals surface area contributed by atoms with Gasteiger partial charge in [0.2, 0.25) is 0 Å². The molecule has 2 aromatic rings. The summed E-state index contributed by atoms with van der Waals surface area (Å²) in [6.07, 6.45) is 2.95. The Bertz CT molecular complexity index is 687. The molecule has 5 nitrogen and oxygen atoms in total. The van der Waals surface area contributed by atoms with E-state index < -0.39 is 11.4 Å². The maximum absolute atomic E-state index is 12.0. The number of unbranched alkanes of at least 4 members (excludes halogenated alkanes) is 2. The fourth-order valence-electron chi connectivity index (χ4n) is 2.07. The van der Waals surface area contributed by atoms with Gasteiger partial charge in [0.1, 0.15) is 23.5 Å². The van der Waals surface area contributed by atoms with Crippen LogP contribution < -0.4 is 5.63 Å². The molecule has 0 saturated carbocycles. The molecule has 0 amide bonds. The maximum atomic E-state index is 12.0. The van der Waals surface area contributed by atoms with Gasteiger partial charge in [-0.3, -0.25) is 4.79 Å². The zero-order valence-corrected chi connectivity index (χ0v) is 11.9. The third kappa shape index (κ3) is 3.49. The second-order valence-electron chi connectivity index (χ2n) is 4.79. The molecule has 1 aromatic heterocycles. The molecule has 0 radical (unpaired) electrons. The van der Waals surface area contributed by atoms with Crippen molar-refractivity contribution in [3.8, 4) is 5.75 Å². The first-order valence-corrected chi connectivity index (χ1v) is 7.01. The summed E-state index contributed by atoms with van der Waals surface area (Å²) in [5.74, 6) is -0.910. The van der Waals surface area contributed by atoms with Gasteiger partial charge in [-0.1, -0.05) is 31.9 Å². The van der Waals surface area contributed by atoms with Crippen LogP contribution in [0, 0.1) is 0 Å². The number of benzene rings is 1. The zero-order valence-electron chi connectivity index (χ0n) is 11.9. The van der Waals surface area contributed by atoms with Crippen LogP contribution in [0.5, 0.6) is 5.75 Å². The van der Waals surface area contributed by atoms with E-state index in [1.54, 1.807) is 24.3 Å². The summed E-state index contributed by atoms with van der Waals surface area (Å²) < 4.78 is 10.3. The van der Waals surface area contributed by atoms with Gasteiger partial charge in [-0.25, -0.2) is 4.79 Å². The van der Waals surface area contributed by atoms with Crippen LogP contribution >= 0.6 is 0 Å². The number of carbonyl (C=O) groups excluding carboxylic acids is 1. The predicted octanol–water partition coefficient (Wildman–Crippen LogP) is 2.89. The number of hydrogen-bond acceptors (Lipinski definition) is 5. The lowest BCUT2D eigenvalue weighted by atomic mass is 10.1. The molecule has 5 heteroatoms. The molecule has 112 valence electrons. The summed E-state index contributed by atoms with van der Waals surface area (Å²) in [6, 6.07) is 6.53. The fraction of sp³-hybridized carbons (Fsp3) is 0.375. The summed E-state index contributed by atoms with van der Waals surface area (Å²) in [6.45, 7) is 2.29. The highest BCUT2D eigenvalue weighted by Gasteiger charge is 2.20. The molecule has 0 aliphatic carbocycles. The Morgan fingerprint density at radius 1 is 1.29 bits per heavy atom. The highest BCUT2D eigenvalue weighted by molar-refractivity contribution is 6.03. The molecule has 2 rings (SSSR count). The van der Waals surface area contributed by atoms with Crippen LogP contribution in [0.25, 0.3) is 11.0 Å². The predicted molar refractivity (Wildman–Crippen MR) is 78.8 cm³/mol. The maximum Gasteiger partial charge on any atom is 0.351 e. The summed E-state index contributed by atoms with van der Waals surface area (Å²) in [7, 11) is 0. The molecule has 1 heterocycles. The zero-order chi connectivity index (χ0) is 15.2. The molecule has 1 aromatic carbocycles. The van der Waals surface area contributed by atoms with E-state index in [1.165, 1.54) is 0 Å². The van der Waals surface area contributed by atoms with Gasteiger partial charge in [-0.2, -0.15) is 0 Å². The smallest absolute Gasteiger partial charge is 0.351 e. The van der Waals surface area contributed by atoms with Crippen LogP contribution in [-0.4, -0.2) is 24.1 Å². The molecule has 0 aliphatic rings. The summed E-state index contributed by atoms with van der Waals surface area (Å²) >= 11 is 0. The molecule has 0 bridgehead atoms. The first kappa shape index (κ1) is 15.3. The van der Waals surface area contributed by atoms with Gasteiger partial charge in [0.25, 0.3) is 0 Å². The number of fused-ring (bicyclic) bond motifs is 1. The molecule has 1 N–H and O–H groups in total. The molecule has 0 spiro atoms. The van der Waals surface area contributed by atoms with E-state index in [4.69, 9.17) is 9.15 Å². The van der Waals surface area contributed by atoms with Crippen molar-refractivity contribution >= 4 is 16.8 Å². The second-order valence-corrected chi connectivity index (χ2v) is 4.79. The van der Waals surface area contributed by atoms with E-state index in [2.05, 4.69) is 6.92 Å². The minimum Gasteiger partial charge on any atom is -0.506 e. The molecule has 21 heavy (non-hydrogen) atoms. The van der Waals surface area contributed by atoms with E-state index in [0.29, 0.717) is 12.0 Å². The van der Waals surface area contributed by atoms with Gasteiger partial charge in [0.05, 0.1) is 5.39 Å². The first-order valence-electron chi connectivity index (χ1n) is 7.01. The lowest BCUT2D eigenvalue weighted by Crippen LogP contribution is -2.19. The van der Waals surface area contributed by atoms with Crippen molar-refractivity contribution in [1.82, 2.24) is 0 Å². The Balaban J connectivity index is 2.17. The summed E-state index contributed by atoms with van der Waals surface area (Å²) in [4.78, 5) is 23.8. The van der Waals surface area contributed by atoms with E-state index >= 15 is 0 Å². The van der Waals surface area contributed by atoms with Gasteiger partial charge in [0.15, 0.2) is 5.78 Å². The SMILES string of the molecule is CCCCCOCC(=O)c1c(O)c2ccccc2oc1=O. The van der Waals surface area contributed by atoms with Gasteiger partial charge < -0.3 is 14.3 Å². The van der Waals surface area contributed by atoms with Gasteiger partial charge in [0, 0.05) is 6.61 Å². The minimum atomic E-state index is -0.839. The van der Waals surface area contributed by atoms with Gasteiger partial charge >= 0.3 is 5.63 Å². The number of hydrogen-bond donors (Lipinski definition) is 1. The lowest BCUT2D eigenvalue weighted by molar-refractivity contribution is 0.0747. The number of rotatable bonds is 7. The van der Waals surface area contributed by atoms with Gasteiger partial charge in [-0.05, 0) is 18.6 Å². The van der Waals surface area contributed by atoms with E-state index in [1.807, 2.05) is 0 Å². The number of para-hydroxylation sites is 1. The lowest BCUT2D eigenvalue weighted by Gasteiger charge is -2.06. The Labute approximate surface area is 122 Å². The first-order chi connectivity index (χ1) is 10.1. The summed E-state index contributed by atoms with van der Waals surface area (Å²) in [5.41, 5.74) is -0.932. The van der Waals surface area contributed by atoms with Crippen molar-refractivity contribution in [1.29, 1.82) is 0 Å². The Hall–Kier alpha value is -2.14. The Morgan fingerprint density at radius 2 is 2.05 bits per heavy atom. The highest BCUT2D eigenvalue weighted by atomic mass is 16.5. The third-order valence-corrected chi connectivity index (χ3v) is 3.19. The number of ether oxygens (including phenoxy) is 1. The monoisotopic (exact) mass is 290 g/mol. The van der Waals surface area contributed by atoms with E-state index in [9.17, 15) is 14.7 Å². The quantitative estimate of drug-likeness (QED) is 0.482.